The zero-order valence-electron chi connectivity index (χ0n) is 17.0. The molecular formula is C24H21ClN4O. The van der Waals surface area contributed by atoms with Crippen molar-refractivity contribution in [1.29, 1.82) is 0 Å². The summed E-state index contributed by atoms with van der Waals surface area (Å²) in [5.41, 5.74) is 5.28. The average molecular weight is 417 g/mol. The second-order valence-electron chi connectivity index (χ2n) is 7.19. The smallest absolute Gasteiger partial charge is 0.295 e. The summed E-state index contributed by atoms with van der Waals surface area (Å²) in [5, 5.41) is 8.10. The van der Waals surface area contributed by atoms with E-state index in [1.807, 2.05) is 87.5 Å². The molecule has 0 aliphatic rings. The van der Waals surface area contributed by atoms with Crippen LogP contribution in [0, 0.1) is 20.8 Å². The van der Waals surface area contributed by atoms with E-state index in [0.29, 0.717) is 10.8 Å². The van der Waals surface area contributed by atoms with Crippen LogP contribution in [0.1, 0.15) is 27.3 Å². The van der Waals surface area contributed by atoms with Gasteiger partial charge in [0.05, 0.1) is 5.69 Å². The van der Waals surface area contributed by atoms with Crippen molar-refractivity contribution < 1.29 is 4.79 Å². The molecule has 0 radical (unpaired) electrons. The summed E-state index contributed by atoms with van der Waals surface area (Å²) in [6, 6.07) is 21.2. The van der Waals surface area contributed by atoms with E-state index in [9.17, 15) is 4.79 Å². The summed E-state index contributed by atoms with van der Waals surface area (Å²) in [5.74, 6) is 0.306. The number of anilines is 1. The molecule has 5 nitrogen and oxygen atoms in total. The van der Waals surface area contributed by atoms with Gasteiger partial charge >= 0.3 is 0 Å². The maximum Gasteiger partial charge on any atom is 0.295 e. The van der Waals surface area contributed by atoms with Crippen molar-refractivity contribution in [3.05, 3.63) is 94.3 Å². The summed E-state index contributed by atoms with van der Waals surface area (Å²) in [6.07, 6.45) is 0. The second-order valence-corrected chi connectivity index (χ2v) is 7.60. The third kappa shape index (κ3) is 3.84. The number of amides is 1. The van der Waals surface area contributed by atoms with Crippen LogP contribution in [-0.4, -0.2) is 20.7 Å². The first kappa shape index (κ1) is 19.9. The van der Waals surface area contributed by atoms with Crippen molar-refractivity contribution in [2.24, 2.45) is 0 Å². The molecule has 150 valence electrons. The number of carbonyl (C=O) groups excluding carboxylic acids is 1. The van der Waals surface area contributed by atoms with Gasteiger partial charge in [0, 0.05) is 16.3 Å². The molecule has 0 saturated heterocycles. The first-order chi connectivity index (χ1) is 14.4. The van der Waals surface area contributed by atoms with Gasteiger partial charge in [0.1, 0.15) is 0 Å². The van der Waals surface area contributed by atoms with E-state index in [2.05, 4.69) is 15.4 Å². The maximum absolute atomic E-state index is 13.0. The fraction of sp³-hybridized carbons (Fsp3) is 0.125. The highest BCUT2D eigenvalue weighted by atomic mass is 35.5. The number of halogens is 1. The molecule has 0 atom stereocenters. The molecule has 0 aliphatic carbocycles. The van der Waals surface area contributed by atoms with Gasteiger partial charge in [-0.3, -0.25) is 4.79 Å². The van der Waals surface area contributed by atoms with Gasteiger partial charge in [-0.2, -0.15) is 0 Å². The Bertz CT molecular complexity index is 1230. The Hall–Kier alpha value is -3.44. The monoisotopic (exact) mass is 416 g/mol. The largest absolute Gasteiger partial charge is 0.319 e. The number of rotatable bonds is 4. The standard InChI is InChI=1S/C24H21ClN4O/c1-15-12-13-16(2)20(14-15)26-24(30)22-27-23(18-8-5-4-6-9-18)29(28-22)21-11-7-10-19(25)17(21)3/h4-14H,1-3H3,(H,26,30). The van der Waals surface area contributed by atoms with Gasteiger partial charge < -0.3 is 5.32 Å². The molecule has 1 aromatic heterocycles. The van der Waals surface area contributed by atoms with Crippen molar-refractivity contribution in [3.8, 4) is 17.1 Å². The van der Waals surface area contributed by atoms with Crippen molar-refractivity contribution in [3.63, 3.8) is 0 Å². The molecule has 0 unspecified atom stereocenters. The Morgan fingerprint density at radius 3 is 2.50 bits per heavy atom. The lowest BCUT2D eigenvalue weighted by Gasteiger charge is -2.10. The molecule has 6 heteroatoms. The van der Waals surface area contributed by atoms with Crippen LogP contribution in [0.25, 0.3) is 17.1 Å². The normalized spacial score (nSPS) is 10.8. The topological polar surface area (TPSA) is 59.8 Å². The van der Waals surface area contributed by atoms with E-state index in [0.717, 1.165) is 33.6 Å². The fourth-order valence-corrected chi connectivity index (χ4v) is 3.39. The minimum absolute atomic E-state index is 0.0918. The minimum Gasteiger partial charge on any atom is -0.319 e. The molecule has 0 aliphatic heterocycles. The lowest BCUT2D eigenvalue weighted by molar-refractivity contribution is 0.101. The minimum atomic E-state index is -0.362. The van der Waals surface area contributed by atoms with Crippen LogP contribution in [0.3, 0.4) is 0 Å². The summed E-state index contributed by atoms with van der Waals surface area (Å²) in [6.45, 7) is 5.85. The lowest BCUT2D eigenvalue weighted by Crippen LogP contribution is -2.15. The third-order valence-electron chi connectivity index (χ3n) is 4.95. The summed E-state index contributed by atoms with van der Waals surface area (Å²) >= 11 is 6.33. The molecule has 30 heavy (non-hydrogen) atoms. The SMILES string of the molecule is Cc1ccc(C)c(NC(=O)c2nc(-c3ccccc3)n(-c3cccc(Cl)c3C)n2)c1. The molecule has 1 N–H and O–H groups in total. The van der Waals surface area contributed by atoms with E-state index >= 15 is 0 Å². The van der Waals surface area contributed by atoms with Crippen LogP contribution in [0.2, 0.25) is 5.02 Å². The summed E-state index contributed by atoms with van der Waals surface area (Å²) in [4.78, 5) is 17.6. The molecule has 0 saturated carbocycles. The van der Waals surface area contributed by atoms with Crippen molar-refractivity contribution >= 4 is 23.2 Å². The van der Waals surface area contributed by atoms with Gasteiger partial charge in [-0.15, -0.1) is 5.10 Å². The van der Waals surface area contributed by atoms with Gasteiger partial charge in [0.15, 0.2) is 5.82 Å². The number of hydrogen-bond donors (Lipinski definition) is 1. The highest BCUT2D eigenvalue weighted by Gasteiger charge is 2.20. The van der Waals surface area contributed by atoms with E-state index in [1.165, 1.54) is 0 Å². The van der Waals surface area contributed by atoms with Crippen LogP contribution < -0.4 is 5.32 Å². The van der Waals surface area contributed by atoms with Crippen LogP contribution in [0.15, 0.2) is 66.7 Å². The van der Waals surface area contributed by atoms with Crippen LogP contribution in [0.5, 0.6) is 0 Å². The predicted octanol–water partition coefficient (Wildman–Crippen LogP) is 5.77. The Kier molecular flexibility index (Phi) is 5.38. The Morgan fingerprint density at radius 2 is 1.73 bits per heavy atom. The first-order valence-electron chi connectivity index (χ1n) is 9.60. The van der Waals surface area contributed by atoms with Crippen LogP contribution in [0.4, 0.5) is 5.69 Å². The zero-order chi connectivity index (χ0) is 21.3. The van der Waals surface area contributed by atoms with Crippen molar-refractivity contribution in [2.75, 3.05) is 5.32 Å². The molecule has 4 aromatic rings. The molecule has 0 bridgehead atoms. The zero-order valence-corrected chi connectivity index (χ0v) is 17.7. The van der Waals surface area contributed by atoms with E-state index in [1.54, 1.807) is 4.68 Å². The fourth-order valence-electron chi connectivity index (χ4n) is 3.22. The highest BCUT2D eigenvalue weighted by molar-refractivity contribution is 6.31. The highest BCUT2D eigenvalue weighted by Crippen LogP contribution is 2.27. The molecule has 0 spiro atoms. The van der Waals surface area contributed by atoms with E-state index < -0.39 is 0 Å². The molecule has 4 rings (SSSR count). The Morgan fingerprint density at radius 1 is 0.967 bits per heavy atom. The first-order valence-corrected chi connectivity index (χ1v) is 9.98. The Labute approximate surface area is 180 Å². The molecule has 3 aromatic carbocycles. The average Bonchev–Trinajstić information content (AvgIpc) is 3.19. The summed E-state index contributed by atoms with van der Waals surface area (Å²) < 4.78 is 1.68. The lowest BCUT2D eigenvalue weighted by atomic mass is 10.1. The van der Waals surface area contributed by atoms with Gasteiger partial charge in [-0.05, 0) is 55.7 Å². The third-order valence-corrected chi connectivity index (χ3v) is 5.36. The second kappa shape index (κ2) is 8.13. The number of benzene rings is 3. The van der Waals surface area contributed by atoms with E-state index in [-0.39, 0.29) is 11.7 Å². The van der Waals surface area contributed by atoms with Gasteiger partial charge in [-0.25, -0.2) is 9.67 Å². The number of nitrogens with one attached hydrogen (secondary N) is 1. The quantitative estimate of drug-likeness (QED) is 0.459. The molecule has 1 amide bonds. The van der Waals surface area contributed by atoms with Crippen LogP contribution >= 0.6 is 11.6 Å². The van der Waals surface area contributed by atoms with Gasteiger partial charge in [0.2, 0.25) is 5.82 Å². The predicted molar refractivity (Wildman–Crippen MR) is 120 cm³/mol. The number of aryl methyl sites for hydroxylation is 2. The van der Waals surface area contributed by atoms with Crippen LogP contribution in [-0.2, 0) is 0 Å². The molecule has 0 fully saturated rings. The summed E-state index contributed by atoms with van der Waals surface area (Å²) in [7, 11) is 0. The van der Waals surface area contributed by atoms with Crippen molar-refractivity contribution in [1.82, 2.24) is 14.8 Å². The number of hydrogen-bond acceptors (Lipinski definition) is 3. The number of nitrogens with zero attached hydrogens (tertiary/aromatic N) is 3. The van der Waals surface area contributed by atoms with Gasteiger partial charge in [-0.1, -0.05) is 60.1 Å². The molecule has 1 heterocycles. The molecular weight excluding hydrogens is 396 g/mol. The van der Waals surface area contributed by atoms with E-state index in [4.69, 9.17) is 11.6 Å². The van der Waals surface area contributed by atoms with Gasteiger partial charge in [0.25, 0.3) is 5.91 Å². The number of aromatic nitrogens is 3. The Balaban J connectivity index is 1.80. The number of carbonyl (C=O) groups is 1. The van der Waals surface area contributed by atoms with Crippen molar-refractivity contribution in [2.45, 2.75) is 20.8 Å². The maximum atomic E-state index is 13.0.